The normalized spacial score (nSPS) is 21.8. The predicted molar refractivity (Wildman–Crippen MR) is 122 cm³/mol. The van der Waals surface area contributed by atoms with E-state index in [1.165, 1.54) is 0 Å². The third-order valence-electron chi connectivity index (χ3n) is 4.56. The first-order valence-electron chi connectivity index (χ1n) is 9.21. The molecule has 0 saturated heterocycles. The van der Waals surface area contributed by atoms with Gasteiger partial charge in [0.25, 0.3) is 5.79 Å². The Morgan fingerprint density at radius 3 is 2.07 bits per heavy atom. The van der Waals surface area contributed by atoms with E-state index in [0.29, 0.717) is 6.61 Å². The van der Waals surface area contributed by atoms with E-state index in [1.807, 2.05) is 36.6 Å². The van der Waals surface area contributed by atoms with Gasteiger partial charge in [-0.3, -0.25) is 0 Å². The second kappa shape index (κ2) is 8.08. The molecule has 0 saturated carbocycles. The predicted octanol–water partition coefficient (Wildman–Crippen LogP) is 7.44. The van der Waals surface area contributed by atoms with Crippen molar-refractivity contribution < 1.29 is 14.2 Å². The summed E-state index contributed by atoms with van der Waals surface area (Å²) in [5, 5.41) is 8.22. The van der Waals surface area contributed by atoms with Crippen LogP contribution in [0, 0.1) is 0 Å². The molecule has 3 nitrogen and oxygen atoms in total. The van der Waals surface area contributed by atoms with Gasteiger partial charge in [-0.25, -0.2) is 0 Å². The monoisotopic (exact) mass is 458 g/mol. The molecule has 0 fully saturated rings. The molecule has 0 amide bonds. The molecule has 1 aliphatic heterocycles. The highest BCUT2D eigenvalue weighted by Crippen LogP contribution is 2.55. The fourth-order valence-corrected chi connectivity index (χ4v) is 6.42. The Labute approximate surface area is 185 Å². The van der Waals surface area contributed by atoms with Crippen LogP contribution in [0.2, 0.25) is 0 Å². The summed E-state index contributed by atoms with van der Waals surface area (Å²) < 4.78 is 20.0. The zero-order valence-corrected chi connectivity index (χ0v) is 18.8. The average Bonchev–Trinajstić information content (AvgIpc) is 3.55. The van der Waals surface area contributed by atoms with E-state index in [9.17, 15) is 0 Å². The molecule has 29 heavy (non-hydrogen) atoms. The summed E-state index contributed by atoms with van der Waals surface area (Å²) in [6, 6.07) is 16.4. The number of rotatable bonds is 6. The van der Waals surface area contributed by atoms with Gasteiger partial charge in [0.1, 0.15) is 0 Å². The highest BCUT2D eigenvalue weighted by Gasteiger charge is 2.53. The summed E-state index contributed by atoms with van der Waals surface area (Å²) in [5.41, 5.74) is 0. The summed E-state index contributed by atoms with van der Waals surface area (Å²) in [5.74, 6) is 0.471. The van der Waals surface area contributed by atoms with E-state index in [0.717, 1.165) is 31.0 Å². The summed E-state index contributed by atoms with van der Waals surface area (Å²) >= 11 is 6.57. The van der Waals surface area contributed by atoms with Gasteiger partial charge >= 0.3 is 0 Å². The molecule has 5 rings (SSSR count). The maximum absolute atomic E-state index is 6.84. The molecule has 4 aromatic rings. The molecule has 0 spiro atoms. The molecule has 1 aliphatic rings. The summed E-state index contributed by atoms with van der Waals surface area (Å²) in [7, 11) is 0. The van der Waals surface area contributed by atoms with Gasteiger partial charge in [0.05, 0.1) is 19.5 Å². The Hall–Kier alpha value is -1.90. The van der Waals surface area contributed by atoms with Crippen molar-refractivity contribution >= 4 is 56.9 Å². The second-order valence-electron chi connectivity index (χ2n) is 6.31. The van der Waals surface area contributed by atoms with Crippen LogP contribution in [0.4, 0.5) is 0 Å². The Balaban J connectivity index is 1.74. The van der Waals surface area contributed by atoms with Crippen molar-refractivity contribution in [2.75, 3.05) is 6.61 Å². The quantitative estimate of drug-likeness (QED) is 0.300. The molecule has 0 aliphatic carbocycles. The van der Waals surface area contributed by atoms with Crippen molar-refractivity contribution in [1.82, 2.24) is 0 Å². The van der Waals surface area contributed by atoms with Crippen molar-refractivity contribution in [2.24, 2.45) is 0 Å². The van der Waals surface area contributed by atoms with Crippen LogP contribution in [0.15, 0.2) is 70.1 Å². The van der Waals surface area contributed by atoms with Crippen molar-refractivity contribution in [3.05, 3.63) is 89.6 Å². The maximum Gasteiger partial charge on any atom is 0.289 e. The zero-order chi connectivity index (χ0) is 19.7. The van der Waals surface area contributed by atoms with Gasteiger partial charge in [-0.05, 0) is 52.7 Å². The van der Waals surface area contributed by atoms with E-state index in [1.54, 1.807) is 45.3 Å². The van der Waals surface area contributed by atoms with Crippen LogP contribution in [-0.4, -0.2) is 6.61 Å². The Morgan fingerprint density at radius 1 is 0.828 bits per heavy atom. The highest BCUT2D eigenvalue weighted by atomic mass is 32.1. The van der Waals surface area contributed by atoms with Crippen LogP contribution < -0.4 is 0 Å². The molecule has 4 aromatic heterocycles. The van der Waals surface area contributed by atoms with Crippen molar-refractivity contribution in [3.8, 4) is 0 Å². The molecule has 5 heterocycles. The van der Waals surface area contributed by atoms with Crippen LogP contribution in [0.1, 0.15) is 32.5 Å². The molecular weight excluding hydrogens is 441 g/mol. The lowest BCUT2D eigenvalue weighted by molar-refractivity contribution is -0.268. The largest absolute Gasteiger partial charge is 0.472 e. The SMILES string of the molecule is CCO[C@]1(c2cccs2)OC(c2cccs2)=C(c2cccs2)O[C@@H]1c1cccs1. The standard InChI is InChI=1S/C22H18O3S4/c1-2-23-22(18-10-6-14-29-18)21(17-9-5-13-28-17)24-19(15-7-3-11-26-15)20(25-22)16-8-4-12-27-16/h3-14,21H,2H2,1H3/t21-,22-/m1/s1. The van der Waals surface area contributed by atoms with Crippen LogP contribution in [0.25, 0.3) is 11.5 Å². The third kappa shape index (κ3) is 3.37. The lowest BCUT2D eigenvalue weighted by Gasteiger charge is -2.43. The van der Waals surface area contributed by atoms with Crippen LogP contribution in [0.3, 0.4) is 0 Å². The molecule has 0 radical (unpaired) electrons. The van der Waals surface area contributed by atoms with E-state index in [4.69, 9.17) is 14.2 Å². The van der Waals surface area contributed by atoms with E-state index >= 15 is 0 Å². The second-order valence-corrected chi connectivity index (χ2v) is 10.1. The van der Waals surface area contributed by atoms with Crippen molar-refractivity contribution in [2.45, 2.75) is 18.8 Å². The summed E-state index contributed by atoms with van der Waals surface area (Å²) in [4.78, 5) is 4.15. The van der Waals surface area contributed by atoms with Gasteiger partial charge in [-0.15, -0.1) is 45.3 Å². The molecule has 0 aromatic carbocycles. The van der Waals surface area contributed by atoms with E-state index < -0.39 is 11.9 Å². The highest BCUT2D eigenvalue weighted by molar-refractivity contribution is 7.12. The van der Waals surface area contributed by atoms with E-state index in [2.05, 4.69) is 40.4 Å². The first-order chi connectivity index (χ1) is 14.3. The first kappa shape index (κ1) is 19.1. The van der Waals surface area contributed by atoms with Gasteiger partial charge in [-0.1, -0.05) is 24.3 Å². The number of hydrogen-bond acceptors (Lipinski definition) is 7. The summed E-state index contributed by atoms with van der Waals surface area (Å²) in [6.45, 7) is 2.50. The number of ether oxygens (including phenoxy) is 3. The van der Waals surface area contributed by atoms with Gasteiger partial charge in [0.2, 0.25) is 6.10 Å². The average molecular weight is 459 g/mol. The molecule has 0 N–H and O–H groups in total. The van der Waals surface area contributed by atoms with Gasteiger partial charge in [0, 0.05) is 6.61 Å². The zero-order valence-electron chi connectivity index (χ0n) is 15.6. The fraction of sp³-hybridized carbons (Fsp3) is 0.182. The topological polar surface area (TPSA) is 27.7 Å². The number of hydrogen-bond donors (Lipinski definition) is 0. The fourth-order valence-electron chi connectivity index (χ4n) is 3.38. The van der Waals surface area contributed by atoms with Crippen LogP contribution in [0.5, 0.6) is 0 Å². The van der Waals surface area contributed by atoms with Gasteiger partial charge in [-0.2, -0.15) is 0 Å². The molecule has 2 atom stereocenters. The lowest BCUT2D eigenvalue weighted by atomic mass is 10.0. The minimum Gasteiger partial charge on any atom is -0.472 e. The van der Waals surface area contributed by atoms with Crippen LogP contribution >= 0.6 is 45.3 Å². The third-order valence-corrected chi connectivity index (χ3v) is 8.18. The minimum atomic E-state index is -1.03. The Morgan fingerprint density at radius 2 is 1.48 bits per heavy atom. The molecule has 148 valence electrons. The molecule has 7 heteroatoms. The molecule has 0 unspecified atom stereocenters. The van der Waals surface area contributed by atoms with Crippen molar-refractivity contribution in [3.63, 3.8) is 0 Å². The lowest BCUT2D eigenvalue weighted by Crippen LogP contribution is -2.42. The minimum absolute atomic E-state index is 0.401. The van der Waals surface area contributed by atoms with E-state index in [-0.39, 0.29) is 0 Å². The first-order valence-corrected chi connectivity index (χ1v) is 12.7. The maximum atomic E-state index is 6.84. The summed E-state index contributed by atoms with van der Waals surface area (Å²) in [6.07, 6.45) is -0.401. The molecular formula is C22H18O3S4. The molecule has 0 bridgehead atoms. The van der Waals surface area contributed by atoms with Crippen molar-refractivity contribution in [1.29, 1.82) is 0 Å². The van der Waals surface area contributed by atoms with Gasteiger partial charge in [0.15, 0.2) is 11.5 Å². The Bertz CT molecular complexity index is 1060. The number of thiophene rings is 4. The Kier molecular flexibility index (Phi) is 5.32. The smallest absolute Gasteiger partial charge is 0.289 e. The van der Waals surface area contributed by atoms with Gasteiger partial charge < -0.3 is 14.2 Å². The van der Waals surface area contributed by atoms with Crippen LogP contribution in [-0.2, 0) is 20.0 Å².